The Morgan fingerprint density at radius 1 is 1.00 bits per heavy atom. The number of hydrogen-bond acceptors (Lipinski definition) is 4. The first-order valence-corrected chi connectivity index (χ1v) is 13.1. The van der Waals surface area contributed by atoms with Gasteiger partial charge in [-0.25, -0.2) is 8.42 Å². The van der Waals surface area contributed by atoms with Crippen LogP contribution in [0.25, 0.3) is 0 Å². The molecular weight excluding hydrogens is 384 g/mol. The quantitative estimate of drug-likeness (QED) is 0.736. The number of carbonyl (C=O) groups is 1. The van der Waals surface area contributed by atoms with Crippen molar-refractivity contribution in [2.45, 2.75) is 75.9 Å². The second-order valence-electron chi connectivity index (χ2n) is 9.17. The molecule has 1 aromatic rings. The van der Waals surface area contributed by atoms with Crippen LogP contribution < -0.4 is 0 Å². The summed E-state index contributed by atoms with van der Waals surface area (Å²) in [6.45, 7) is 0.367. The predicted molar refractivity (Wildman–Crippen MR) is 116 cm³/mol. The summed E-state index contributed by atoms with van der Waals surface area (Å²) >= 11 is 0. The van der Waals surface area contributed by atoms with Crippen LogP contribution in [0.1, 0.15) is 68.5 Å². The molecule has 6 heteroatoms. The lowest BCUT2D eigenvalue weighted by Gasteiger charge is -2.40. The van der Waals surface area contributed by atoms with Gasteiger partial charge in [0.2, 0.25) is 5.91 Å². The molecule has 0 radical (unpaired) electrons. The van der Waals surface area contributed by atoms with Crippen LogP contribution in [0.2, 0.25) is 0 Å². The maximum Gasteiger partial charge on any atom is 0.237 e. The van der Waals surface area contributed by atoms with Crippen LogP contribution >= 0.6 is 0 Å². The average Bonchev–Trinajstić information content (AvgIpc) is 3.07. The third-order valence-corrected chi connectivity index (χ3v) is 8.86. The van der Waals surface area contributed by atoms with Gasteiger partial charge in [-0.05, 0) is 56.7 Å². The highest BCUT2D eigenvalue weighted by atomic mass is 32.2. The van der Waals surface area contributed by atoms with Crippen molar-refractivity contribution >= 4 is 15.7 Å². The number of likely N-dealkylation sites (N-methyl/N-ethyl adjacent to an activating group) is 1. The topological polar surface area (TPSA) is 57.7 Å². The molecule has 0 spiro atoms. The zero-order valence-corrected chi connectivity index (χ0v) is 18.4. The molecule has 4 rings (SSSR count). The highest BCUT2D eigenvalue weighted by Gasteiger charge is 2.39. The molecule has 2 fully saturated rings. The van der Waals surface area contributed by atoms with Crippen molar-refractivity contribution in [2.75, 3.05) is 25.1 Å². The molecule has 0 unspecified atom stereocenters. The van der Waals surface area contributed by atoms with Gasteiger partial charge < -0.3 is 4.90 Å². The van der Waals surface area contributed by atoms with Crippen molar-refractivity contribution in [3.8, 4) is 0 Å². The van der Waals surface area contributed by atoms with E-state index in [0.717, 1.165) is 44.9 Å². The van der Waals surface area contributed by atoms with E-state index in [1.807, 2.05) is 4.90 Å². The van der Waals surface area contributed by atoms with E-state index in [1.165, 1.54) is 17.5 Å². The highest BCUT2D eigenvalue weighted by Crippen LogP contribution is 2.34. The van der Waals surface area contributed by atoms with E-state index >= 15 is 0 Å². The summed E-state index contributed by atoms with van der Waals surface area (Å²) in [5.74, 6) is 0.482. The predicted octanol–water partition coefficient (Wildman–Crippen LogP) is 3.34. The summed E-state index contributed by atoms with van der Waals surface area (Å²) in [6.07, 6.45) is 9.45. The fourth-order valence-electron chi connectivity index (χ4n) is 5.65. The largest absolute Gasteiger partial charge is 0.335 e. The molecule has 29 heavy (non-hydrogen) atoms. The minimum atomic E-state index is -3.01. The van der Waals surface area contributed by atoms with Gasteiger partial charge in [-0.2, -0.15) is 0 Å². The summed E-state index contributed by atoms with van der Waals surface area (Å²) in [5, 5.41) is 0. The molecule has 1 heterocycles. The van der Waals surface area contributed by atoms with E-state index in [0.29, 0.717) is 13.0 Å². The fraction of sp³-hybridized carbons (Fsp3) is 0.696. The molecular formula is C23H34N2O3S. The molecule has 0 bridgehead atoms. The van der Waals surface area contributed by atoms with Gasteiger partial charge in [-0.3, -0.25) is 9.69 Å². The summed E-state index contributed by atoms with van der Waals surface area (Å²) in [6, 6.07) is 8.92. The molecule has 1 amide bonds. The van der Waals surface area contributed by atoms with Gasteiger partial charge in [0.05, 0.1) is 18.1 Å². The molecule has 1 saturated carbocycles. The number of hydrogen-bond donors (Lipinski definition) is 0. The molecule has 160 valence electrons. The Bertz CT molecular complexity index is 832. The minimum absolute atomic E-state index is 0.115. The van der Waals surface area contributed by atoms with Gasteiger partial charge in [-0.15, -0.1) is 0 Å². The molecule has 0 N–H and O–H groups in total. The van der Waals surface area contributed by atoms with Crippen molar-refractivity contribution < 1.29 is 13.2 Å². The van der Waals surface area contributed by atoms with Crippen molar-refractivity contribution in [1.82, 2.24) is 9.80 Å². The number of fused-ring (bicyclic) bond motifs is 1. The Labute approximate surface area is 175 Å². The summed E-state index contributed by atoms with van der Waals surface area (Å²) in [4.78, 5) is 17.7. The van der Waals surface area contributed by atoms with E-state index in [2.05, 4.69) is 36.2 Å². The summed E-state index contributed by atoms with van der Waals surface area (Å²) < 4.78 is 24.2. The van der Waals surface area contributed by atoms with Gasteiger partial charge in [0, 0.05) is 18.1 Å². The second-order valence-corrected chi connectivity index (χ2v) is 11.4. The summed E-state index contributed by atoms with van der Waals surface area (Å²) in [5.41, 5.74) is 2.75. The molecule has 2 aliphatic carbocycles. The lowest BCUT2D eigenvalue weighted by Crippen LogP contribution is -2.52. The van der Waals surface area contributed by atoms with Crippen molar-refractivity contribution in [2.24, 2.45) is 0 Å². The first kappa shape index (κ1) is 20.9. The summed E-state index contributed by atoms with van der Waals surface area (Å²) in [7, 11) is -0.958. The van der Waals surface area contributed by atoms with E-state index in [-0.39, 0.29) is 35.5 Å². The van der Waals surface area contributed by atoms with Crippen LogP contribution in [0.15, 0.2) is 24.3 Å². The van der Waals surface area contributed by atoms with Crippen LogP contribution in [0.3, 0.4) is 0 Å². The monoisotopic (exact) mass is 418 g/mol. The van der Waals surface area contributed by atoms with E-state index in [9.17, 15) is 13.2 Å². The minimum Gasteiger partial charge on any atom is -0.335 e. The van der Waals surface area contributed by atoms with Crippen molar-refractivity contribution in [3.63, 3.8) is 0 Å². The number of benzene rings is 1. The van der Waals surface area contributed by atoms with Crippen LogP contribution in [0, 0.1) is 0 Å². The fourth-order valence-corrected chi connectivity index (χ4v) is 7.36. The molecule has 3 aliphatic rings. The Morgan fingerprint density at radius 3 is 2.48 bits per heavy atom. The molecule has 2 atom stereocenters. The van der Waals surface area contributed by atoms with Crippen LogP contribution in [0.4, 0.5) is 0 Å². The lowest BCUT2D eigenvalue weighted by atomic mass is 9.87. The van der Waals surface area contributed by atoms with Crippen LogP contribution in [0.5, 0.6) is 0 Å². The highest BCUT2D eigenvalue weighted by molar-refractivity contribution is 7.91. The number of aryl methyl sites for hydroxylation is 1. The second kappa shape index (κ2) is 8.76. The third kappa shape index (κ3) is 4.69. The van der Waals surface area contributed by atoms with E-state index in [1.54, 1.807) is 0 Å². The number of nitrogens with zero attached hydrogens (tertiary/aromatic N) is 2. The standard InChI is InChI=1S/C23H34N2O3S/c1-24(22-13-7-9-18-8-5-6-12-21(18)22)16-23(26)25(19-10-3-2-4-11-19)20-14-15-29(27,28)17-20/h5-6,8,12,19-20,22H,2-4,7,9-11,13-17H2,1H3/t20-,22-/m1/s1. The SMILES string of the molecule is CN(CC(=O)N(C1CCCCC1)[C@@H]1CCS(=O)(=O)C1)[C@@H]1CCCc2ccccc21. The normalized spacial score (nSPS) is 27.0. The number of rotatable bonds is 5. The number of amides is 1. The molecule has 1 aromatic carbocycles. The van der Waals surface area contributed by atoms with Gasteiger partial charge in [-0.1, -0.05) is 43.5 Å². The average molecular weight is 419 g/mol. The van der Waals surface area contributed by atoms with Crippen molar-refractivity contribution in [1.29, 1.82) is 0 Å². The Morgan fingerprint density at radius 2 is 1.76 bits per heavy atom. The maximum absolute atomic E-state index is 13.5. The van der Waals surface area contributed by atoms with Crippen molar-refractivity contribution in [3.05, 3.63) is 35.4 Å². The zero-order chi connectivity index (χ0) is 20.4. The maximum atomic E-state index is 13.5. The van der Waals surface area contributed by atoms with Gasteiger partial charge in [0.1, 0.15) is 0 Å². The number of sulfone groups is 1. The smallest absolute Gasteiger partial charge is 0.237 e. The van der Waals surface area contributed by atoms with Crippen LogP contribution in [-0.4, -0.2) is 61.3 Å². The van der Waals surface area contributed by atoms with Gasteiger partial charge >= 0.3 is 0 Å². The van der Waals surface area contributed by atoms with Gasteiger partial charge in [0.25, 0.3) is 0 Å². The molecule has 1 aliphatic heterocycles. The Kier molecular flexibility index (Phi) is 6.30. The van der Waals surface area contributed by atoms with Gasteiger partial charge in [0.15, 0.2) is 9.84 Å². The first-order chi connectivity index (χ1) is 13.9. The lowest BCUT2D eigenvalue weighted by molar-refractivity contribution is -0.138. The number of carbonyl (C=O) groups excluding carboxylic acids is 1. The molecule has 1 saturated heterocycles. The Balaban J connectivity index is 1.50. The van der Waals surface area contributed by atoms with Crippen LogP contribution in [-0.2, 0) is 21.1 Å². The van der Waals surface area contributed by atoms with E-state index in [4.69, 9.17) is 0 Å². The Hall–Kier alpha value is -1.40. The zero-order valence-electron chi connectivity index (χ0n) is 17.6. The third-order valence-electron chi connectivity index (χ3n) is 7.11. The molecule has 5 nitrogen and oxygen atoms in total. The molecule has 0 aromatic heterocycles. The first-order valence-electron chi connectivity index (χ1n) is 11.2. The van der Waals surface area contributed by atoms with E-state index < -0.39 is 9.84 Å².